The van der Waals surface area contributed by atoms with Crippen molar-refractivity contribution in [1.29, 1.82) is 0 Å². The highest BCUT2D eigenvalue weighted by Gasteiger charge is 2.39. The Hall–Kier alpha value is -0.830. The van der Waals surface area contributed by atoms with Crippen LogP contribution in [0.25, 0.3) is 0 Å². The van der Waals surface area contributed by atoms with E-state index in [-0.39, 0.29) is 5.41 Å². The highest BCUT2D eigenvalue weighted by Crippen LogP contribution is 2.47. The zero-order chi connectivity index (χ0) is 16.4. The summed E-state index contributed by atoms with van der Waals surface area (Å²) in [5.41, 5.74) is 5.00. The standard InChI is InChI=1S/C22H27I/c1-4-7-17(16-10-12-20(23)13-11-16)14-19-15-18-8-5-6-9-21(18)22(19,2)3/h4-9,12,16,19H,1,10-11,13-15H2,2-3H3/b17-7+/t16-,19?/m0/s1. The lowest BCUT2D eigenvalue weighted by Gasteiger charge is -2.32. The lowest BCUT2D eigenvalue weighted by molar-refractivity contribution is 0.333. The third-order valence-electron chi connectivity index (χ3n) is 5.89. The van der Waals surface area contributed by atoms with E-state index < -0.39 is 0 Å². The van der Waals surface area contributed by atoms with Gasteiger partial charge >= 0.3 is 0 Å². The zero-order valence-electron chi connectivity index (χ0n) is 14.3. The largest absolute Gasteiger partial charge is 0.0991 e. The van der Waals surface area contributed by atoms with Gasteiger partial charge in [-0.2, -0.15) is 0 Å². The van der Waals surface area contributed by atoms with Crippen molar-refractivity contribution in [3.63, 3.8) is 0 Å². The summed E-state index contributed by atoms with van der Waals surface area (Å²) in [6, 6.07) is 9.03. The highest BCUT2D eigenvalue weighted by molar-refractivity contribution is 14.1. The van der Waals surface area contributed by atoms with E-state index in [4.69, 9.17) is 0 Å². The molecule has 0 aromatic heterocycles. The predicted molar refractivity (Wildman–Crippen MR) is 109 cm³/mol. The third-order valence-corrected chi connectivity index (χ3v) is 6.87. The second kappa shape index (κ2) is 6.96. The van der Waals surface area contributed by atoms with Crippen LogP contribution in [0.3, 0.4) is 0 Å². The number of allylic oxidation sites excluding steroid dienone is 5. The molecule has 122 valence electrons. The minimum absolute atomic E-state index is 0.274. The van der Waals surface area contributed by atoms with Gasteiger partial charge in [-0.25, -0.2) is 0 Å². The number of fused-ring (bicyclic) bond motifs is 1. The Balaban J connectivity index is 1.80. The van der Waals surface area contributed by atoms with Crippen LogP contribution < -0.4 is 0 Å². The smallest absolute Gasteiger partial charge is 0.00664 e. The topological polar surface area (TPSA) is 0 Å². The van der Waals surface area contributed by atoms with Crippen LogP contribution in [-0.4, -0.2) is 0 Å². The average Bonchev–Trinajstić information content (AvgIpc) is 2.79. The molecular weight excluding hydrogens is 391 g/mol. The van der Waals surface area contributed by atoms with Gasteiger partial charge in [0.15, 0.2) is 0 Å². The van der Waals surface area contributed by atoms with Crippen molar-refractivity contribution in [2.75, 3.05) is 0 Å². The monoisotopic (exact) mass is 418 g/mol. The molecule has 0 spiro atoms. The SMILES string of the molecule is C=C/C=C(\CC1Cc2ccccc2C1(C)C)[C@H]1CC=C(I)CC1. The molecule has 1 unspecified atom stereocenters. The number of halogens is 1. The maximum atomic E-state index is 3.97. The summed E-state index contributed by atoms with van der Waals surface area (Å²) in [7, 11) is 0. The van der Waals surface area contributed by atoms with Gasteiger partial charge in [0.25, 0.3) is 0 Å². The number of rotatable bonds is 4. The third kappa shape index (κ3) is 3.50. The van der Waals surface area contributed by atoms with Gasteiger partial charge in [-0.1, -0.05) is 68.5 Å². The first-order valence-electron chi connectivity index (χ1n) is 8.76. The Morgan fingerprint density at radius 3 is 2.78 bits per heavy atom. The van der Waals surface area contributed by atoms with Crippen molar-refractivity contribution in [2.45, 2.75) is 51.4 Å². The molecule has 2 aliphatic carbocycles. The van der Waals surface area contributed by atoms with Gasteiger partial charge in [-0.15, -0.1) is 0 Å². The molecule has 3 rings (SSSR count). The molecule has 0 saturated carbocycles. The molecule has 0 aliphatic heterocycles. The Morgan fingerprint density at radius 1 is 1.35 bits per heavy atom. The summed E-state index contributed by atoms with van der Waals surface area (Å²) in [5.74, 6) is 1.42. The second-order valence-electron chi connectivity index (χ2n) is 7.58. The first-order chi connectivity index (χ1) is 11.0. The van der Waals surface area contributed by atoms with Crippen LogP contribution >= 0.6 is 22.6 Å². The molecule has 2 aliphatic rings. The van der Waals surface area contributed by atoms with Crippen LogP contribution in [0.1, 0.15) is 50.7 Å². The molecule has 23 heavy (non-hydrogen) atoms. The fourth-order valence-corrected chi connectivity index (χ4v) is 4.91. The van der Waals surface area contributed by atoms with Crippen molar-refractivity contribution in [3.8, 4) is 0 Å². The van der Waals surface area contributed by atoms with E-state index in [1.54, 1.807) is 16.7 Å². The van der Waals surface area contributed by atoms with E-state index in [1.807, 2.05) is 6.08 Å². The number of hydrogen-bond donors (Lipinski definition) is 0. The van der Waals surface area contributed by atoms with Crippen molar-refractivity contribution in [2.24, 2.45) is 11.8 Å². The van der Waals surface area contributed by atoms with Crippen LogP contribution in [0.15, 0.2) is 58.2 Å². The van der Waals surface area contributed by atoms with E-state index in [2.05, 4.69) is 79.4 Å². The Bertz CT molecular complexity index is 648. The molecule has 0 saturated heterocycles. The zero-order valence-corrected chi connectivity index (χ0v) is 16.5. The molecule has 1 aromatic rings. The molecule has 0 nitrogen and oxygen atoms in total. The molecule has 1 heteroatoms. The predicted octanol–water partition coefficient (Wildman–Crippen LogP) is 6.76. The molecule has 0 bridgehead atoms. The van der Waals surface area contributed by atoms with Crippen molar-refractivity contribution < 1.29 is 0 Å². The van der Waals surface area contributed by atoms with Gasteiger partial charge < -0.3 is 0 Å². The Kier molecular flexibility index (Phi) is 5.15. The normalized spacial score (nSPS) is 26.6. The number of hydrogen-bond acceptors (Lipinski definition) is 0. The van der Waals surface area contributed by atoms with Crippen molar-refractivity contribution in [1.82, 2.24) is 0 Å². The summed E-state index contributed by atoms with van der Waals surface area (Å²) in [6.45, 7) is 8.83. The van der Waals surface area contributed by atoms with E-state index in [1.165, 1.54) is 35.7 Å². The lowest BCUT2D eigenvalue weighted by Crippen LogP contribution is -2.25. The molecule has 1 aromatic carbocycles. The summed E-state index contributed by atoms with van der Waals surface area (Å²) in [5, 5.41) is 0. The minimum Gasteiger partial charge on any atom is -0.0991 e. The van der Waals surface area contributed by atoms with Gasteiger partial charge in [-0.05, 0) is 86.7 Å². The van der Waals surface area contributed by atoms with Crippen LogP contribution in [0.2, 0.25) is 0 Å². The van der Waals surface area contributed by atoms with Crippen molar-refractivity contribution >= 4 is 22.6 Å². The molecule has 0 fully saturated rings. The Labute approximate surface area is 154 Å². The molecule has 0 amide bonds. The van der Waals surface area contributed by atoms with Crippen LogP contribution in [-0.2, 0) is 11.8 Å². The van der Waals surface area contributed by atoms with Gasteiger partial charge in [0.05, 0.1) is 0 Å². The Morgan fingerprint density at radius 2 is 2.13 bits per heavy atom. The van der Waals surface area contributed by atoms with E-state index >= 15 is 0 Å². The summed E-state index contributed by atoms with van der Waals surface area (Å²) in [4.78, 5) is 0. The summed E-state index contributed by atoms with van der Waals surface area (Å²) >= 11 is 2.49. The molecule has 0 heterocycles. The molecular formula is C22H27I. The maximum Gasteiger partial charge on any atom is -0.00664 e. The van der Waals surface area contributed by atoms with Gasteiger partial charge in [-0.3, -0.25) is 0 Å². The fourth-order valence-electron chi connectivity index (χ4n) is 4.34. The van der Waals surface area contributed by atoms with Crippen LogP contribution in [0.4, 0.5) is 0 Å². The fraction of sp³-hybridized carbons (Fsp3) is 0.455. The van der Waals surface area contributed by atoms with E-state index in [0.717, 1.165) is 0 Å². The first kappa shape index (κ1) is 17.0. The van der Waals surface area contributed by atoms with Gasteiger partial charge in [0.2, 0.25) is 0 Å². The van der Waals surface area contributed by atoms with E-state index in [0.29, 0.717) is 11.8 Å². The summed E-state index contributed by atoms with van der Waals surface area (Å²) < 4.78 is 1.53. The molecule has 0 N–H and O–H groups in total. The minimum atomic E-state index is 0.274. The van der Waals surface area contributed by atoms with Gasteiger partial charge in [0, 0.05) is 0 Å². The lowest BCUT2D eigenvalue weighted by atomic mass is 9.73. The quantitative estimate of drug-likeness (QED) is 0.374. The maximum absolute atomic E-state index is 3.97. The average molecular weight is 418 g/mol. The first-order valence-corrected chi connectivity index (χ1v) is 9.84. The molecule has 2 atom stereocenters. The molecule has 0 radical (unpaired) electrons. The number of benzene rings is 1. The van der Waals surface area contributed by atoms with Crippen LogP contribution in [0, 0.1) is 11.8 Å². The van der Waals surface area contributed by atoms with Crippen molar-refractivity contribution in [3.05, 3.63) is 69.4 Å². The van der Waals surface area contributed by atoms with Crippen LogP contribution in [0.5, 0.6) is 0 Å². The second-order valence-corrected chi connectivity index (χ2v) is 8.97. The van der Waals surface area contributed by atoms with E-state index in [9.17, 15) is 0 Å². The van der Waals surface area contributed by atoms with Gasteiger partial charge in [0.1, 0.15) is 0 Å². The summed E-state index contributed by atoms with van der Waals surface area (Å²) in [6.07, 6.45) is 12.9. The highest BCUT2D eigenvalue weighted by atomic mass is 127.